The van der Waals surface area contributed by atoms with Crippen molar-refractivity contribution in [1.82, 2.24) is 10.2 Å². The number of anilines is 1. The Labute approximate surface area is 106 Å². The second-order valence-electron chi connectivity index (χ2n) is 3.50. The van der Waals surface area contributed by atoms with Crippen LogP contribution in [0.1, 0.15) is 11.1 Å². The van der Waals surface area contributed by atoms with Crippen LogP contribution in [0, 0.1) is 0 Å². The number of nitrogens with two attached hydrogens (primary N) is 1. The van der Waals surface area contributed by atoms with Crippen LogP contribution in [0.15, 0.2) is 28.2 Å². The number of amides is 1. The van der Waals surface area contributed by atoms with Gasteiger partial charge in [-0.2, -0.15) is 16.4 Å². The SMILES string of the molecule is N/C(=N/O)c1cn[nH]c1NC(=O)Cc1ccsc1. The first-order chi connectivity index (χ1) is 8.70. The van der Waals surface area contributed by atoms with Crippen molar-refractivity contribution in [2.24, 2.45) is 10.9 Å². The van der Waals surface area contributed by atoms with Crippen LogP contribution in [-0.2, 0) is 11.2 Å². The molecule has 1 amide bonds. The number of aromatic nitrogens is 2. The molecule has 0 saturated heterocycles. The summed E-state index contributed by atoms with van der Waals surface area (Å²) in [7, 11) is 0. The maximum absolute atomic E-state index is 11.7. The van der Waals surface area contributed by atoms with Gasteiger partial charge in [-0.15, -0.1) is 0 Å². The third-order valence-electron chi connectivity index (χ3n) is 2.23. The highest BCUT2D eigenvalue weighted by Gasteiger charge is 2.12. The molecule has 2 aromatic rings. The van der Waals surface area contributed by atoms with Crippen LogP contribution < -0.4 is 11.1 Å². The molecular formula is C10H11N5O2S. The monoisotopic (exact) mass is 265 g/mol. The fourth-order valence-corrected chi connectivity index (χ4v) is 2.06. The van der Waals surface area contributed by atoms with E-state index >= 15 is 0 Å². The zero-order chi connectivity index (χ0) is 13.0. The third kappa shape index (κ3) is 2.66. The van der Waals surface area contributed by atoms with Crippen molar-refractivity contribution in [3.63, 3.8) is 0 Å². The van der Waals surface area contributed by atoms with Gasteiger partial charge in [0.2, 0.25) is 5.91 Å². The number of thiophene rings is 1. The zero-order valence-electron chi connectivity index (χ0n) is 9.25. The summed E-state index contributed by atoms with van der Waals surface area (Å²) in [5.41, 5.74) is 6.72. The van der Waals surface area contributed by atoms with Crippen LogP contribution >= 0.6 is 11.3 Å². The van der Waals surface area contributed by atoms with E-state index in [1.165, 1.54) is 17.5 Å². The molecule has 0 bridgehead atoms. The minimum Gasteiger partial charge on any atom is -0.409 e. The summed E-state index contributed by atoms with van der Waals surface area (Å²) in [5, 5.41) is 24.2. The van der Waals surface area contributed by atoms with E-state index in [0.29, 0.717) is 11.4 Å². The summed E-state index contributed by atoms with van der Waals surface area (Å²) >= 11 is 1.53. The first kappa shape index (κ1) is 12.1. The third-order valence-corrected chi connectivity index (χ3v) is 2.96. The molecule has 0 aliphatic heterocycles. The Balaban J connectivity index is 2.06. The zero-order valence-corrected chi connectivity index (χ0v) is 10.1. The van der Waals surface area contributed by atoms with Gasteiger partial charge in [-0.25, -0.2) is 0 Å². The molecule has 0 aliphatic carbocycles. The highest BCUT2D eigenvalue weighted by molar-refractivity contribution is 7.08. The van der Waals surface area contributed by atoms with Gasteiger partial charge < -0.3 is 16.3 Å². The van der Waals surface area contributed by atoms with E-state index in [-0.39, 0.29) is 18.2 Å². The molecule has 0 aromatic carbocycles. The van der Waals surface area contributed by atoms with Gasteiger partial charge in [0, 0.05) is 0 Å². The predicted octanol–water partition coefficient (Wildman–Crippen LogP) is 0.747. The second kappa shape index (κ2) is 5.32. The van der Waals surface area contributed by atoms with Gasteiger partial charge in [0.1, 0.15) is 5.82 Å². The number of oxime groups is 1. The van der Waals surface area contributed by atoms with E-state index in [9.17, 15) is 4.79 Å². The lowest BCUT2D eigenvalue weighted by Crippen LogP contribution is -2.19. The fourth-order valence-electron chi connectivity index (χ4n) is 1.39. The van der Waals surface area contributed by atoms with Crippen molar-refractivity contribution in [1.29, 1.82) is 0 Å². The number of carbonyl (C=O) groups excluding carboxylic acids is 1. The topological polar surface area (TPSA) is 116 Å². The van der Waals surface area contributed by atoms with Crippen LogP contribution in [-0.4, -0.2) is 27.1 Å². The number of H-pyrrole nitrogens is 1. The number of amidine groups is 1. The Kier molecular flexibility index (Phi) is 3.58. The molecule has 18 heavy (non-hydrogen) atoms. The second-order valence-corrected chi connectivity index (χ2v) is 4.28. The smallest absolute Gasteiger partial charge is 0.229 e. The van der Waals surface area contributed by atoms with E-state index < -0.39 is 0 Å². The van der Waals surface area contributed by atoms with Crippen LogP contribution in [0.5, 0.6) is 0 Å². The molecule has 5 N–H and O–H groups in total. The normalized spacial score (nSPS) is 11.4. The van der Waals surface area contributed by atoms with Crippen molar-refractivity contribution in [2.75, 3.05) is 5.32 Å². The number of hydrogen-bond donors (Lipinski definition) is 4. The number of aromatic amines is 1. The van der Waals surface area contributed by atoms with Gasteiger partial charge in [0.05, 0.1) is 18.2 Å². The summed E-state index contributed by atoms with van der Waals surface area (Å²) < 4.78 is 0. The Morgan fingerprint density at radius 2 is 2.50 bits per heavy atom. The largest absolute Gasteiger partial charge is 0.409 e. The summed E-state index contributed by atoms with van der Waals surface area (Å²) in [6.45, 7) is 0. The molecule has 2 rings (SSSR count). The molecule has 7 nitrogen and oxygen atoms in total. The molecule has 2 aromatic heterocycles. The first-order valence-corrected chi connectivity index (χ1v) is 5.97. The van der Waals surface area contributed by atoms with Crippen LogP contribution in [0.4, 0.5) is 5.82 Å². The minimum atomic E-state index is -0.204. The van der Waals surface area contributed by atoms with Crippen molar-refractivity contribution in [3.05, 3.63) is 34.2 Å². The van der Waals surface area contributed by atoms with Crippen LogP contribution in [0.3, 0.4) is 0 Å². The van der Waals surface area contributed by atoms with E-state index in [4.69, 9.17) is 10.9 Å². The molecule has 0 atom stereocenters. The van der Waals surface area contributed by atoms with E-state index in [1.807, 2.05) is 16.8 Å². The van der Waals surface area contributed by atoms with Gasteiger partial charge in [-0.05, 0) is 22.4 Å². The number of rotatable bonds is 4. The fraction of sp³-hybridized carbons (Fsp3) is 0.100. The molecular weight excluding hydrogens is 254 g/mol. The standard InChI is InChI=1S/C10H11N5O2S/c11-9(15-17)7-4-12-14-10(7)13-8(16)3-6-1-2-18-5-6/h1-2,4-5,17H,3H2,(H2,11,15)(H2,12,13,14,16). The van der Waals surface area contributed by atoms with Gasteiger partial charge in [0.25, 0.3) is 0 Å². The summed E-state index contributed by atoms with van der Waals surface area (Å²) in [4.78, 5) is 11.7. The van der Waals surface area contributed by atoms with E-state index in [1.54, 1.807) is 0 Å². The minimum absolute atomic E-state index is 0.116. The number of carbonyl (C=O) groups is 1. The van der Waals surface area contributed by atoms with Gasteiger partial charge in [-0.1, -0.05) is 5.16 Å². The molecule has 0 unspecified atom stereocenters. The maximum Gasteiger partial charge on any atom is 0.229 e. The van der Waals surface area contributed by atoms with Crippen LogP contribution in [0.25, 0.3) is 0 Å². The van der Waals surface area contributed by atoms with Crippen molar-refractivity contribution in [3.8, 4) is 0 Å². The summed E-state index contributed by atoms with van der Waals surface area (Å²) in [6.07, 6.45) is 1.63. The summed E-state index contributed by atoms with van der Waals surface area (Å²) in [6, 6.07) is 1.88. The lowest BCUT2D eigenvalue weighted by atomic mass is 10.2. The lowest BCUT2D eigenvalue weighted by molar-refractivity contribution is -0.115. The van der Waals surface area contributed by atoms with Crippen molar-refractivity contribution < 1.29 is 10.0 Å². The molecule has 0 radical (unpaired) electrons. The highest BCUT2D eigenvalue weighted by Crippen LogP contribution is 2.12. The number of nitrogens with zero attached hydrogens (tertiary/aromatic N) is 2. The van der Waals surface area contributed by atoms with Crippen molar-refractivity contribution in [2.45, 2.75) is 6.42 Å². The predicted molar refractivity (Wildman–Crippen MR) is 67.8 cm³/mol. The molecule has 94 valence electrons. The number of nitrogens with one attached hydrogen (secondary N) is 2. The van der Waals surface area contributed by atoms with Gasteiger partial charge in [-0.3, -0.25) is 9.89 Å². The average molecular weight is 265 g/mol. The maximum atomic E-state index is 11.7. The molecule has 0 fully saturated rings. The highest BCUT2D eigenvalue weighted by atomic mass is 32.1. The Bertz CT molecular complexity index is 561. The summed E-state index contributed by atoms with van der Waals surface area (Å²) in [5.74, 6) is -0.00949. The lowest BCUT2D eigenvalue weighted by Gasteiger charge is -2.03. The molecule has 8 heteroatoms. The Morgan fingerprint density at radius 1 is 1.67 bits per heavy atom. The van der Waals surface area contributed by atoms with E-state index in [0.717, 1.165) is 5.56 Å². The Morgan fingerprint density at radius 3 is 3.17 bits per heavy atom. The quantitative estimate of drug-likeness (QED) is 0.282. The van der Waals surface area contributed by atoms with Gasteiger partial charge >= 0.3 is 0 Å². The molecule has 0 aliphatic rings. The number of hydrogen-bond acceptors (Lipinski definition) is 5. The average Bonchev–Trinajstić information content (AvgIpc) is 2.99. The molecule has 0 saturated carbocycles. The van der Waals surface area contributed by atoms with Gasteiger partial charge in [0.15, 0.2) is 5.84 Å². The molecule has 2 heterocycles. The molecule has 0 spiro atoms. The first-order valence-electron chi connectivity index (χ1n) is 5.03. The van der Waals surface area contributed by atoms with Crippen molar-refractivity contribution >= 4 is 28.9 Å². The van der Waals surface area contributed by atoms with Crippen LogP contribution in [0.2, 0.25) is 0 Å². The Hall–Kier alpha value is -2.35. The van der Waals surface area contributed by atoms with E-state index in [2.05, 4.69) is 20.7 Å².